The summed E-state index contributed by atoms with van der Waals surface area (Å²) in [6.07, 6.45) is 10.6. The number of hydrogen-bond acceptors (Lipinski definition) is 5. The summed E-state index contributed by atoms with van der Waals surface area (Å²) in [5.41, 5.74) is 6.42. The Balaban J connectivity index is 1.45. The van der Waals surface area contributed by atoms with Gasteiger partial charge in [0, 0.05) is 60.5 Å². The van der Waals surface area contributed by atoms with E-state index in [2.05, 4.69) is 51.5 Å². The van der Waals surface area contributed by atoms with Crippen LogP contribution in [0, 0.1) is 11.3 Å². The molecule has 36 heavy (non-hydrogen) atoms. The van der Waals surface area contributed by atoms with Crippen LogP contribution in [0.5, 0.6) is 0 Å². The Bertz CT molecular complexity index is 1600. The first-order valence-electron chi connectivity index (χ1n) is 12.0. The number of carbonyl (C=O) groups is 1. The number of allylic oxidation sites excluding steroid dienone is 2. The molecule has 176 valence electrons. The number of anilines is 2. The van der Waals surface area contributed by atoms with Gasteiger partial charge in [-0.15, -0.1) is 0 Å². The molecule has 2 aromatic carbocycles. The number of rotatable bonds is 4. The van der Waals surface area contributed by atoms with Crippen LogP contribution < -0.4 is 4.90 Å². The molecule has 4 aromatic rings. The molecule has 0 radical (unpaired) electrons. The van der Waals surface area contributed by atoms with Crippen molar-refractivity contribution < 1.29 is 4.79 Å². The fourth-order valence-corrected chi connectivity index (χ4v) is 5.38. The molecule has 1 unspecified atom stereocenters. The molecule has 6 nitrogen and oxygen atoms in total. The minimum Gasteiger partial charge on any atom is -0.376 e. The highest BCUT2D eigenvalue weighted by Gasteiger charge is 2.46. The zero-order valence-corrected chi connectivity index (χ0v) is 20.2. The molecule has 2 aliphatic rings. The van der Waals surface area contributed by atoms with Crippen LogP contribution >= 0.6 is 0 Å². The SMILES string of the molecule is CN1C=C(c2cnn3ccc(C(=O)C4(C)Cc5ccccc5N4c4ccc(C#N)cc4)cc23)C=CC1. The minimum atomic E-state index is -0.819. The Morgan fingerprint density at radius 3 is 2.69 bits per heavy atom. The number of fused-ring (bicyclic) bond motifs is 2. The van der Waals surface area contributed by atoms with E-state index in [1.54, 1.807) is 12.1 Å². The second kappa shape index (κ2) is 8.24. The lowest BCUT2D eigenvalue weighted by Crippen LogP contribution is -2.48. The fourth-order valence-electron chi connectivity index (χ4n) is 5.38. The van der Waals surface area contributed by atoms with Crippen molar-refractivity contribution in [3.05, 3.63) is 114 Å². The van der Waals surface area contributed by atoms with E-state index in [0.717, 1.165) is 40.1 Å². The van der Waals surface area contributed by atoms with Gasteiger partial charge in [-0.05, 0) is 55.0 Å². The second-order valence-corrected chi connectivity index (χ2v) is 9.63. The molecule has 0 fully saturated rings. The number of benzene rings is 2. The largest absolute Gasteiger partial charge is 0.376 e. The van der Waals surface area contributed by atoms with Gasteiger partial charge in [-0.3, -0.25) is 4.79 Å². The molecule has 1 atom stereocenters. The Kier molecular flexibility index (Phi) is 5.01. The number of nitriles is 1. The maximum Gasteiger partial charge on any atom is 0.188 e. The average Bonchev–Trinajstić information content (AvgIpc) is 3.46. The highest BCUT2D eigenvalue weighted by molar-refractivity contribution is 6.08. The van der Waals surface area contributed by atoms with Gasteiger partial charge >= 0.3 is 0 Å². The summed E-state index contributed by atoms with van der Waals surface area (Å²) in [6, 6.07) is 21.6. The van der Waals surface area contributed by atoms with Gasteiger partial charge in [0.15, 0.2) is 5.78 Å². The predicted octanol–water partition coefficient (Wildman–Crippen LogP) is 5.38. The molecule has 0 spiro atoms. The maximum atomic E-state index is 14.3. The van der Waals surface area contributed by atoms with E-state index in [0.29, 0.717) is 17.5 Å². The molecule has 2 aromatic heterocycles. The van der Waals surface area contributed by atoms with Crippen molar-refractivity contribution in [2.24, 2.45) is 0 Å². The molecule has 6 heteroatoms. The third-order valence-corrected chi connectivity index (χ3v) is 7.15. The number of pyridine rings is 1. The van der Waals surface area contributed by atoms with Crippen LogP contribution in [0.3, 0.4) is 0 Å². The minimum absolute atomic E-state index is 0.0444. The number of carbonyl (C=O) groups excluding carboxylic acids is 1. The van der Waals surface area contributed by atoms with Gasteiger partial charge in [-0.2, -0.15) is 10.4 Å². The fraction of sp³-hybridized carbons (Fsp3) is 0.167. The van der Waals surface area contributed by atoms with Crippen molar-refractivity contribution >= 4 is 28.2 Å². The van der Waals surface area contributed by atoms with Crippen molar-refractivity contribution in [2.75, 3.05) is 18.5 Å². The first-order valence-corrected chi connectivity index (χ1v) is 12.0. The van der Waals surface area contributed by atoms with Crippen molar-refractivity contribution in [1.29, 1.82) is 5.26 Å². The third kappa shape index (κ3) is 3.40. The van der Waals surface area contributed by atoms with Crippen LogP contribution in [0.1, 0.15) is 34.0 Å². The number of hydrogen-bond donors (Lipinski definition) is 0. The summed E-state index contributed by atoms with van der Waals surface area (Å²) in [6.45, 7) is 2.88. The molecule has 0 N–H and O–H groups in total. The van der Waals surface area contributed by atoms with Gasteiger partial charge in [0.2, 0.25) is 0 Å². The number of para-hydroxylation sites is 1. The van der Waals surface area contributed by atoms with Crippen LogP contribution in [0.15, 0.2) is 91.4 Å². The molecule has 0 amide bonds. The number of nitrogens with zero attached hydrogens (tertiary/aromatic N) is 5. The van der Waals surface area contributed by atoms with Gasteiger partial charge in [-0.25, -0.2) is 4.52 Å². The molecule has 2 aliphatic heterocycles. The van der Waals surface area contributed by atoms with Crippen LogP contribution in [0.2, 0.25) is 0 Å². The number of ketones is 1. The van der Waals surface area contributed by atoms with Crippen molar-refractivity contribution in [3.8, 4) is 6.07 Å². The van der Waals surface area contributed by atoms with Crippen LogP contribution in [-0.2, 0) is 6.42 Å². The van der Waals surface area contributed by atoms with E-state index in [9.17, 15) is 10.1 Å². The smallest absolute Gasteiger partial charge is 0.188 e. The topological polar surface area (TPSA) is 64.6 Å². The summed E-state index contributed by atoms with van der Waals surface area (Å²) in [5.74, 6) is 0.0444. The van der Waals surface area contributed by atoms with Gasteiger partial charge in [-0.1, -0.05) is 30.4 Å². The molecule has 0 saturated heterocycles. The number of aromatic nitrogens is 2. The second-order valence-electron chi connectivity index (χ2n) is 9.63. The van der Waals surface area contributed by atoms with Gasteiger partial charge in [0.05, 0.1) is 23.3 Å². The summed E-state index contributed by atoms with van der Waals surface area (Å²) in [5, 5.41) is 13.8. The Morgan fingerprint density at radius 2 is 1.92 bits per heavy atom. The lowest BCUT2D eigenvalue weighted by atomic mass is 9.87. The summed E-state index contributed by atoms with van der Waals surface area (Å²) in [7, 11) is 2.04. The van der Waals surface area contributed by atoms with Crippen LogP contribution in [0.4, 0.5) is 11.4 Å². The highest BCUT2D eigenvalue weighted by atomic mass is 16.1. The van der Waals surface area contributed by atoms with E-state index in [4.69, 9.17) is 0 Å². The lowest BCUT2D eigenvalue weighted by molar-refractivity contribution is 0.0907. The number of likely N-dealkylation sites (N-methyl/N-ethyl adjacent to an activating group) is 1. The summed E-state index contributed by atoms with van der Waals surface area (Å²) in [4.78, 5) is 18.5. The molecular formula is C30H25N5O. The molecule has 6 rings (SSSR count). The Morgan fingerprint density at radius 1 is 1.11 bits per heavy atom. The normalized spacial score (nSPS) is 18.8. The van der Waals surface area contributed by atoms with Crippen LogP contribution in [0.25, 0.3) is 11.1 Å². The lowest BCUT2D eigenvalue weighted by Gasteiger charge is -2.36. The first kappa shape index (κ1) is 21.9. The van der Waals surface area contributed by atoms with Crippen molar-refractivity contribution in [2.45, 2.75) is 18.9 Å². The third-order valence-electron chi connectivity index (χ3n) is 7.15. The van der Waals surface area contributed by atoms with Gasteiger partial charge < -0.3 is 9.80 Å². The van der Waals surface area contributed by atoms with E-state index in [1.165, 1.54) is 0 Å². The molecular weight excluding hydrogens is 446 g/mol. The zero-order valence-electron chi connectivity index (χ0n) is 20.2. The average molecular weight is 472 g/mol. The van der Waals surface area contributed by atoms with E-state index >= 15 is 0 Å². The maximum absolute atomic E-state index is 14.3. The monoisotopic (exact) mass is 471 g/mol. The summed E-state index contributed by atoms with van der Waals surface area (Å²) >= 11 is 0. The van der Waals surface area contributed by atoms with Crippen molar-refractivity contribution in [3.63, 3.8) is 0 Å². The van der Waals surface area contributed by atoms with E-state index in [-0.39, 0.29) is 5.78 Å². The number of Topliss-reactive ketones (excluding diaryl/α,β-unsaturated/α-hetero) is 1. The predicted molar refractivity (Wildman–Crippen MR) is 141 cm³/mol. The Hall–Kier alpha value is -4.63. The van der Waals surface area contributed by atoms with E-state index < -0.39 is 5.54 Å². The van der Waals surface area contributed by atoms with Gasteiger partial charge in [0.1, 0.15) is 5.54 Å². The molecule has 0 aliphatic carbocycles. The molecule has 0 bridgehead atoms. The van der Waals surface area contributed by atoms with Crippen molar-refractivity contribution in [1.82, 2.24) is 14.5 Å². The van der Waals surface area contributed by atoms with Crippen LogP contribution in [-0.4, -0.2) is 39.4 Å². The molecule has 4 heterocycles. The summed E-state index contributed by atoms with van der Waals surface area (Å²) < 4.78 is 1.82. The van der Waals surface area contributed by atoms with Gasteiger partial charge in [0.25, 0.3) is 0 Å². The first-order chi connectivity index (χ1) is 17.5. The Labute approximate surface area is 210 Å². The highest BCUT2D eigenvalue weighted by Crippen LogP contribution is 2.45. The van der Waals surface area contributed by atoms with E-state index in [1.807, 2.05) is 67.3 Å². The quantitative estimate of drug-likeness (QED) is 0.374. The zero-order chi connectivity index (χ0) is 24.9. The standard InChI is InChI=1S/C30H25N5O/c1-30(17-23-6-3-4-8-27(23)35(30)25-11-9-21(18-31)10-12-25)29(36)22-13-15-34-28(16-22)26(19-32-34)24-7-5-14-33(2)20-24/h3-13,15-16,19-20H,14,17H2,1-2H3. The molecule has 0 saturated carbocycles.